The molecule has 0 unspecified atom stereocenters. The van der Waals surface area contributed by atoms with Gasteiger partial charge in [-0.05, 0) is 76.0 Å². The van der Waals surface area contributed by atoms with Crippen LogP contribution in [0.2, 0.25) is 0 Å². The number of carbonyl (C=O) groups is 2. The van der Waals surface area contributed by atoms with Gasteiger partial charge in [-0.1, -0.05) is 6.42 Å². The van der Waals surface area contributed by atoms with Gasteiger partial charge in [0.15, 0.2) is 5.78 Å². The van der Waals surface area contributed by atoms with Gasteiger partial charge in [0.05, 0.1) is 0 Å². The van der Waals surface area contributed by atoms with E-state index in [4.69, 9.17) is 5.73 Å². The Morgan fingerprint density at radius 3 is 2.21 bits per heavy atom. The van der Waals surface area contributed by atoms with Gasteiger partial charge in [-0.15, -0.1) is 0 Å². The third kappa shape index (κ3) is 5.45. The molecule has 2 aliphatic rings. The molecular weight excluding hydrogens is 352 g/mol. The van der Waals surface area contributed by atoms with Crippen molar-refractivity contribution in [2.24, 2.45) is 5.73 Å². The molecule has 0 atom stereocenters. The Hall–Kier alpha value is -1.19. The van der Waals surface area contributed by atoms with Gasteiger partial charge in [0.2, 0.25) is 5.91 Å². The molecule has 5 nitrogen and oxygen atoms in total. The monoisotopic (exact) mass is 383 g/mol. The standard InChI is InChI=1S/C21H30FN3O2.Li.H/c22-18-8-6-17(7-9-18)19(26)5-4-12-24-15-10-21(11-16-24,20(23)27)25-13-2-1-3-14-25;;/h6-9H,1-5,10-16H2,(H2,23,27);;/q;+1;-1. The van der Waals surface area contributed by atoms with Crippen LogP contribution in [0.4, 0.5) is 4.39 Å². The summed E-state index contributed by atoms with van der Waals surface area (Å²) in [7, 11) is 0. The van der Waals surface area contributed by atoms with Crippen LogP contribution in [-0.2, 0) is 4.79 Å². The Balaban J connectivity index is 0.00000210. The smallest absolute Gasteiger partial charge is 1.00 e. The minimum Gasteiger partial charge on any atom is -1.00 e. The van der Waals surface area contributed by atoms with Crippen LogP contribution < -0.4 is 24.6 Å². The molecule has 2 aliphatic heterocycles. The van der Waals surface area contributed by atoms with E-state index in [1.54, 1.807) is 12.1 Å². The Kier molecular flexibility index (Phi) is 8.70. The third-order valence-corrected chi connectivity index (χ3v) is 6.15. The first-order chi connectivity index (χ1) is 13.0. The molecule has 2 N–H and O–H groups in total. The van der Waals surface area contributed by atoms with Crippen molar-refractivity contribution in [3.05, 3.63) is 35.6 Å². The number of piperidine rings is 2. The van der Waals surface area contributed by atoms with E-state index < -0.39 is 5.54 Å². The van der Waals surface area contributed by atoms with Crippen molar-refractivity contribution in [1.82, 2.24) is 9.80 Å². The zero-order valence-corrected chi connectivity index (χ0v) is 17.0. The largest absolute Gasteiger partial charge is 1.00 e. The first-order valence-electron chi connectivity index (χ1n) is 10.1. The Morgan fingerprint density at radius 1 is 1.04 bits per heavy atom. The minimum absolute atomic E-state index is 0. The summed E-state index contributed by atoms with van der Waals surface area (Å²) in [6.45, 7) is 4.44. The average Bonchev–Trinajstić information content (AvgIpc) is 2.69. The van der Waals surface area contributed by atoms with E-state index >= 15 is 0 Å². The molecule has 3 rings (SSSR count). The van der Waals surface area contributed by atoms with Crippen molar-refractivity contribution in [3.8, 4) is 0 Å². The van der Waals surface area contributed by atoms with E-state index in [0.29, 0.717) is 12.0 Å². The normalized spacial score (nSPS) is 20.3. The number of ketones is 1. The summed E-state index contributed by atoms with van der Waals surface area (Å²) in [6.07, 6.45) is 6.29. The van der Waals surface area contributed by atoms with Gasteiger partial charge in [0.25, 0.3) is 0 Å². The number of Topliss-reactive ketones (excluding diaryl/α,β-unsaturated/α-hetero) is 1. The topological polar surface area (TPSA) is 66.6 Å². The maximum absolute atomic E-state index is 12.9. The average molecular weight is 383 g/mol. The molecular formula is C21H31FLiN3O2. The number of primary amides is 1. The van der Waals surface area contributed by atoms with Gasteiger partial charge in [-0.25, -0.2) is 4.39 Å². The first-order valence-corrected chi connectivity index (χ1v) is 10.1. The number of carbonyl (C=O) groups excluding carboxylic acids is 2. The predicted octanol–water partition coefficient (Wildman–Crippen LogP) is -0.289. The van der Waals surface area contributed by atoms with Gasteiger partial charge in [-0.2, -0.15) is 0 Å². The first kappa shape index (κ1) is 23.1. The second-order valence-corrected chi connectivity index (χ2v) is 7.82. The number of hydrogen-bond acceptors (Lipinski definition) is 4. The fraction of sp³-hybridized carbons (Fsp3) is 0.619. The Morgan fingerprint density at radius 2 is 1.64 bits per heavy atom. The Bertz CT molecular complexity index is 660. The fourth-order valence-electron chi connectivity index (χ4n) is 4.43. The quantitative estimate of drug-likeness (QED) is 0.519. The molecule has 7 heteroatoms. The summed E-state index contributed by atoms with van der Waals surface area (Å²) < 4.78 is 12.9. The number of likely N-dealkylation sites (tertiary alicyclic amines) is 2. The van der Waals surface area contributed by atoms with E-state index in [2.05, 4.69) is 9.80 Å². The molecule has 28 heavy (non-hydrogen) atoms. The van der Waals surface area contributed by atoms with Crippen LogP contribution in [0.3, 0.4) is 0 Å². The second kappa shape index (κ2) is 10.5. The fourth-order valence-corrected chi connectivity index (χ4v) is 4.43. The van der Waals surface area contributed by atoms with Crippen LogP contribution in [-0.4, -0.2) is 59.8 Å². The molecule has 1 aromatic carbocycles. The summed E-state index contributed by atoms with van der Waals surface area (Å²) >= 11 is 0. The van der Waals surface area contributed by atoms with Crippen LogP contribution >= 0.6 is 0 Å². The molecule has 0 radical (unpaired) electrons. The zero-order chi connectivity index (χ0) is 19.3. The van der Waals surface area contributed by atoms with Crippen molar-refractivity contribution in [1.29, 1.82) is 0 Å². The minimum atomic E-state index is -0.485. The zero-order valence-electron chi connectivity index (χ0n) is 18.0. The van der Waals surface area contributed by atoms with Crippen molar-refractivity contribution in [3.63, 3.8) is 0 Å². The van der Waals surface area contributed by atoms with Gasteiger partial charge in [0.1, 0.15) is 11.4 Å². The Labute approximate surface area is 180 Å². The molecule has 2 saturated heterocycles. The molecule has 150 valence electrons. The van der Waals surface area contributed by atoms with E-state index in [1.807, 2.05) is 0 Å². The molecule has 0 spiro atoms. The molecule has 0 aromatic heterocycles. The third-order valence-electron chi connectivity index (χ3n) is 6.15. The maximum Gasteiger partial charge on any atom is 1.00 e. The van der Waals surface area contributed by atoms with Crippen LogP contribution in [0.5, 0.6) is 0 Å². The summed E-state index contributed by atoms with van der Waals surface area (Å²) in [4.78, 5) is 29.1. The number of hydrogen-bond donors (Lipinski definition) is 1. The number of halogens is 1. The molecule has 1 aromatic rings. The van der Waals surface area contributed by atoms with E-state index in [0.717, 1.165) is 64.8 Å². The summed E-state index contributed by atoms with van der Waals surface area (Å²) in [5, 5.41) is 0. The van der Waals surface area contributed by atoms with Gasteiger partial charge < -0.3 is 12.1 Å². The number of nitrogens with two attached hydrogens (primary N) is 1. The van der Waals surface area contributed by atoms with E-state index in [9.17, 15) is 14.0 Å². The van der Waals surface area contributed by atoms with Crippen LogP contribution in [0.15, 0.2) is 24.3 Å². The summed E-state index contributed by atoms with van der Waals surface area (Å²) in [5.74, 6) is -0.464. The van der Waals surface area contributed by atoms with Crippen molar-refractivity contribution in [2.75, 3.05) is 32.7 Å². The maximum atomic E-state index is 12.9. The number of nitrogens with zero attached hydrogens (tertiary/aromatic N) is 2. The van der Waals surface area contributed by atoms with Gasteiger partial charge >= 0.3 is 18.9 Å². The number of rotatable bonds is 7. The van der Waals surface area contributed by atoms with Crippen LogP contribution in [0.25, 0.3) is 0 Å². The van der Waals surface area contributed by atoms with Crippen molar-refractivity contribution in [2.45, 2.75) is 50.5 Å². The summed E-state index contributed by atoms with van der Waals surface area (Å²) in [6, 6.07) is 5.72. The molecule has 1 amide bonds. The number of benzene rings is 1. The van der Waals surface area contributed by atoms with Crippen LogP contribution in [0, 0.1) is 5.82 Å². The molecule has 2 fully saturated rings. The molecule has 0 aliphatic carbocycles. The number of amides is 1. The SMILES string of the molecule is NC(=O)C1(N2CCCCC2)CCN(CCCC(=O)c2ccc(F)cc2)CC1.[H-].[Li+]. The van der Waals surface area contributed by atoms with Crippen molar-refractivity contribution >= 4 is 11.7 Å². The molecule has 0 saturated carbocycles. The predicted molar refractivity (Wildman–Crippen MR) is 104 cm³/mol. The van der Waals surface area contributed by atoms with Gasteiger partial charge in [0, 0.05) is 25.1 Å². The molecule has 2 heterocycles. The molecule has 0 bridgehead atoms. The second-order valence-electron chi connectivity index (χ2n) is 7.82. The summed E-state index contributed by atoms with van der Waals surface area (Å²) in [5.41, 5.74) is 5.90. The van der Waals surface area contributed by atoms with E-state index in [1.165, 1.54) is 18.6 Å². The van der Waals surface area contributed by atoms with E-state index in [-0.39, 0.29) is 37.8 Å². The van der Waals surface area contributed by atoms with Gasteiger partial charge in [-0.3, -0.25) is 14.5 Å². The van der Waals surface area contributed by atoms with Crippen molar-refractivity contribution < 1.29 is 34.3 Å². The van der Waals surface area contributed by atoms with Crippen LogP contribution in [0.1, 0.15) is 56.7 Å².